The Balaban J connectivity index is 2.55. The fraction of sp³-hybridized carbons (Fsp3) is 0. The first-order valence-corrected chi connectivity index (χ1v) is 4.45. The van der Waals surface area contributed by atoms with Gasteiger partial charge in [-0.25, -0.2) is 4.39 Å². The molecule has 0 N–H and O–H groups in total. The van der Waals surface area contributed by atoms with Crippen LogP contribution in [0.5, 0.6) is 0 Å². The molecule has 1 aromatic carbocycles. The van der Waals surface area contributed by atoms with Gasteiger partial charge >= 0.3 is 0 Å². The predicted octanol–water partition coefficient (Wildman–Crippen LogP) is 3.35. The Morgan fingerprint density at radius 3 is 2.75 bits per heavy atom. The van der Waals surface area contributed by atoms with E-state index in [1.165, 1.54) is 17.4 Å². The molecule has 1 aromatic heterocycles. The van der Waals surface area contributed by atoms with E-state index < -0.39 is 0 Å². The smallest absolute Gasteiger partial charge is 0.131 e. The van der Waals surface area contributed by atoms with Crippen molar-refractivity contribution in [2.45, 2.75) is 0 Å². The van der Waals surface area contributed by atoms with Gasteiger partial charge in [0.15, 0.2) is 0 Å². The molecule has 2 aromatic rings. The molecule has 0 unspecified atom stereocenters. The molecule has 0 nitrogen and oxygen atoms in total. The van der Waals surface area contributed by atoms with Gasteiger partial charge in [-0.1, -0.05) is 18.2 Å². The maximum absolute atomic E-state index is 13.1. The van der Waals surface area contributed by atoms with Crippen LogP contribution in [0.25, 0.3) is 11.1 Å². The van der Waals surface area contributed by atoms with Crippen LogP contribution in [0.3, 0.4) is 0 Å². The van der Waals surface area contributed by atoms with Crippen molar-refractivity contribution >= 4 is 11.3 Å². The van der Waals surface area contributed by atoms with Crippen LogP contribution in [0.4, 0.5) is 4.39 Å². The first-order chi connectivity index (χ1) is 5.88. The summed E-state index contributed by atoms with van der Waals surface area (Å²) in [7, 11) is 0. The molecule has 0 saturated heterocycles. The summed E-state index contributed by atoms with van der Waals surface area (Å²) in [5.41, 5.74) is 1.55. The highest BCUT2D eigenvalue weighted by molar-refractivity contribution is 7.07. The lowest BCUT2D eigenvalue weighted by molar-refractivity contribution is 0.631. The van der Waals surface area contributed by atoms with E-state index in [2.05, 4.69) is 5.38 Å². The molecule has 1 heterocycles. The number of benzene rings is 1. The van der Waals surface area contributed by atoms with E-state index >= 15 is 0 Å². The van der Waals surface area contributed by atoms with Crippen LogP contribution in [-0.4, -0.2) is 0 Å². The summed E-state index contributed by atoms with van der Waals surface area (Å²) < 4.78 is 13.1. The van der Waals surface area contributed by atoms with Crippen molar-refractivity contribution in [1.29, 1.82) is 0 Å². The van der Waals surface area contributed by atoms with Gasteiger partial charge < -0.3 is 0 Å². The van der Waals surface area contributed by atoms with Crippen LogP contribution in [0.2, 0.25) is 0 Å². The molecule has 2 rings (SSSR count). The van der Waals surface area contributed by atoms with Gasteiger partial charge in [-0.3, -0.25) is 0 Å². The number of hydrogen-bond acceptors (Lipinski definition) is 1. The van der Waals surface area contributed by atoms with Gasteiger partial charge in [0, 0.05) is 10.9 Å². The highest BCUT2D eigenvalue weighted by atomic mass is 32.1. The Hall–Kier alpha value is -1.15. The molecule has 0 fully saturated rings. The number of rotatable bonds is 1. The SMILES string of the molecule is Fc1ccccc1-c1c[c]sc1. The normalized spacial score (nSPS) is 10.1. The highest BCUT2D eigenvalue weighted by Crippen LogP contribution is 2.23. The summed E-state index contributed by atoms with van der Waals surface area (Å²) in [5, 5.41) is 4.82. The second kappa shape index (κ2) is 3.07. The Morgan fingerprint density at radius 1 is 1.25 bits per heavy atom. The van der Waals surface area contributed by atoms with E-state index in [1.54, 1.807) is 18.2 Å². The molecule has 0 spiro atoms. The lowest BCUT2D eigenvalue weighted by Crippen LogP contribution is -1.79. The van der Waals surface area contributed by atoms with Crippen molar-refractivity contribution in [3.05, 3.63) is 46.9 Å². The Labute approximate surface area is 74.3 Å². The predicted molar refractivity (Wildman–Crippen MR) is 48.5 cm³/mol. The summed E-state index contributed by atoms with van der Waals surface area (Å²) in [6.45, 7) is 0. The van der Waals surface area contributed by atoms with E-state index in [1.807, 2.05) is 11.4 Å². The lowest BCUT2D eigenvalue weighted by atomic mass is 10.1. The van der Waals surface area contributed by atoms with Crippen molar-refractivity contribution in [1.82, 2.24) is 0 Å². The van der Waals surface area contributed by atoms with Gasteiger partial charge in [-0.2, -0.15) is 0 Å². The van der Waals surface area contributed by atoms with Crippen molar-refractivity contribution in [3.8, 4) is 11.1 Å². The molecule has 0 saturated carbocycles. The standard InChI is InChI=1S/C10H6FS/c11-10-4-2-1-3-9(10)8-5-6-12-7-8/h1-5,7H. The highest BCUT2D eigenvalue weighted by Gasteiger charge is 2.02. The first-order valence-electron chi connectivity index (χ1n) is 3.57. The van der Waals surface area contributed by atoms with Crippen LogP contribution < -0.4 is 0 Å². The van der Waals surface area contributed by atoms with Crippen molar-refractivity contribution in [3.63, 3.8) is 0 Å². The third-order valence-electron chi connectivity index (χ3n) is 1.65. The molecule has 0 aliphatic carbocycles. The Morgan fingerprint density at radius 2 is 2.08 bits per heavy atom. The zero-order valence-electron chi connectivity index (χ0n) is 6.25. The minimum Gasteiger partial charge on any atom is -0.206 e. The summed E-state index contributed by atoms with van der Waals surface area (Å²) in [6, 6.07) is 8.55. The molecule has 0 aliphatic heterocycles. The van der Waals surface area contributed by atoms with Crippen molar-refractivity contribution in [2.24, 2.45) is 0 Å². The molecular formula is C10H6FS. The van der Waals surface area contributed by atoms with E-state index in [9.17, 15) is 4.39 Å². The van der Waals surface area contributed by atoms with E-state index in [-0.39, 0.29) is 5.82 Å². The van der Waals surface area contributed by atoms with Gasteiger partial charge in [-0.05, 0) is 23.1 Å². The van der Waals surface area contributed by atoms with Crippen LogP contribution in [0.15, 0.2) is 35.7 Å². The van der Waals surface area contributed by atoms with Gasteiger partial charge in [0.2, 0.25) is 0 Å². The van der Waals surface area contributed by atoms with Crippen LogP contribution >= 0.6 is 11.3 Å². The number of halogens is 1. The minimum absolute atomic E-state index is 0.177. The van der Waals surface area contributed by atoms with E-state index in [0.29, 0.717) is 5.56 Å². The molecule has 0 aliphatic rings. The molecule has 0 atom stereocenters. The summed E-state index contributed by atoms with van der Waals surface area (Å²) in [4.78, 5) is 0. The quantitative estimate of drug-likeness (QED) is 0.626. The zero-order chi connectivity index (χ0) is 8.39. The fourth-order valence-corrected chi connectivity index (χ4v) is 1.65. The third-order valence-corrected chi connectivity index (χ3v) is 2.28. The number of thiophene rings is 1. The lowest BCUT2D eigenvalue weighted by Gasteiger charge is -1.97. The molecule has 59 valence electrons. The fourth-order valence-electron chi connectivity index (χ4n) is 1.07. The Kier molecular flexibility index (Phi) is 1.92. The third kappa shape index (κ3) is 1.25. The van der Waals surface area contributed by atoms with Crippen molar-refractivity contribution in [2.75, 3.05) is 0 Å². The van der Waals surface area contributed by atoms with Gasteiger partial charge in [0.25, 0.3) is 0 Å². The topological polar surface area (TPSA) is 0 Å². The molecule has 12 heavy (non-hydrogen) atoms. The summed E-state index contributed by atoms with van der Waals surface area (Å²) >= 11 is 1.45. The Bertz CT molecular complexity index is 365. The van der Waals surface area contributed by atoms with Crippen LogP contribution in [-0.2, 0) is 0 Å². The molecule has 0 bridgehead atoms. The molecule has 0 amide bonds. The van der Waals surface area contributed by atoms with Gasteiger partial charge in [0.05, 0.1) is 0 Å². The zero-order valence-corrected chi connectivity index (χ0v) is 7.07. The summed E-state index contributed by atoms with van der Waals surface area (Å²) in [6.07, 6.45) is 0. The largest absolute Gasteiger partial charge is 0.206 e. The summed E-state index contributed by atoms with van der Waals surface area (Å²) in [5.74, 6) is -0.177. The second-order valence-electron chi connectivity index (χ2n) is 2.43. The average Bonchev–Trinajstić information content (AvgIpc) is 2.57. The van der Waals surface area contributed by atoms with Crippen LogP contribution in [0.1, 0.15) is 0 Å². The maximum atomic E-state index is 13.1. The van der Waals surface area contributed by atoms with E-state index in [0.717, 1.165) is 5.56 Å². The van der Waals surface area contributed by atoms with E-state index in [4.69, 9.17) is 0 Å². The molecular weight excluding hydrogens is 171 g/mol. The second-order valence-corrected chi connectivity index (χ2v) is 3.14. The first kappa shape index (κ1) is 7.50. The molecule has 1 radical (unpaired) electrons. The van der Waals surface area contributed by atoms with Gasteiger partial charge in [0.1, 0.15) is 5.82 Å². The average molecular weight is 177 g/mol. The van der Waals surface area contributed by atoms with Gasteiger partial charge in [-0.15, -0.1) is 11.3 Å². The maximum Gasteiger partial charge on any atom is 0.131 e. The van der Waals surface area contributed by atoms with Crippen LogP contribution in [0, 0.1) is 11.2 Å². The molecule has 2 heteroatoms. The van der Waals surface area contributed by atoms with Crippen molar-refractivity contribution < 1.29 is 4.39 Å². The minimum atomic E-state index is -0.177. The number of hydrogen-bond donors (Lipinski definition) is 0. The monoisotopic (exact) mass is 177 g/mol.